The highest BCUT2D eigenvalue weighted by molar-refractivity contribution is 4.74. The summed E-state index contributed by atoms with van der Waals surface area (Å²) < 4.78 is 0. The Bertz CT molecular complexity index is 69.1. The molecule has 0 rings (SSSR count). The van der Waals surface area contributed by atoms with E-state index in [9.17, 15) is 0 Å². The van der Waals surface area contributed by atoms with Gasteiger partial charge in [0.1, 0.15) is 5.60 Å². The Morgan fingerprint density at radius 1 is 1.20 bits per heavy atom. The van der Waals surface area contributed by atoms with Gasteiger partial charge in [-0.1, -0.05) is 27.2 Å². The van der Waals surface area contributed by atoms with Gasteiger partial charge in [-0.25, -0.2) is 4.89 Å². The summed E-state index contributed by atoms with van der Waals surface area (Å²) in [7, 11) is 0. The maximum atomic E-state index is 8.61. The third-order valence-electron chi connectivity index (χ3n) is 2.19. The third-order valence-corrected chi connectivity index (χ3v) is 2.19. The molecule has 0 unspecified atom stereocenters. The molecule has 2 heteroatoms. The van der Waals surface area contributed by atoms with Crippen LogP contribution in [-0.4, -0.2) is 10.9 Å². The lowest BCUT2D eigenvalue weighted by molar-refractivity contribution is -0.327. The summed E-state index contributed by atoms with van der Waals surface area (Å²) in [4.78, 5) is 4.48. The molecule has 0 saturated carbocycles. The normalized spacial score (nSPS) is 12.0. The average Bonchev–Trinajstić information content (AvgIpc) is 2.01. The molecule has 0 heterocycles. The molecule has 0 aromatic carbocycles. The van der Waals surface area contributed by atoms with Gasteiger partial charge in [-0.05, 0) is 19.3 Å². The second-order valence-corrected chi connectivity index (χ2v) is 2.73. The van der Waals surface area contributed by atoms with Crippen LogP contribution in [0.5, 0.6) is 0 Å². The van der Waals surface area contributed by atoms with E-state index in [2.05, 4.69) is 11.8 Å². The molecular weight excluding hydrogens is 128 g/mol. The summed E-state index contributed by atoms with van der Waals surface area (Å²) >= 11 is 0. The van der Waals surface area contributed by atoms with Gasteiger partial charge in [-0.2, -0.15) is 0 Å². The SMILES string of the molecule is CCCC(CC)(CC)OO. The lowest BCUT2D eigenvalue weighted by Crippen LogP contribution is -2.29. The van der Waals surface area contributed by atoms with Crippen molar-refractivity contribution in [1.29, 1.82) is 0 Å². The van der Waals surface area contributed by atoms with Gasteiger partial charge in [-0.3, -0.25) is 5.26 Å². The van der Waals surface area contributed by atoms with Gasteiger partial charge in [0.2, 0.25) is 0 Å². The maximum absolute atomic E-state index is 8.61. The Morgan fingerprint density at radius 2 is 1.70 bits per heavy atom. The molecule has 0 saturated heterocycles. The minimum atomic E-state index is -0.269. The summed E-state index contributed by atoms with van der Waals surface area (Å²) in [6.45, 7) is 6.17. The zero-order valence-electron chi connectivity index (χ0n) is 7.18. The lowest BCUT2D eigenvalue weighted by Gasteiger charge is -2.26. The van der Waals surface area contributed by atoms with E-state index >= 15 is 0 Å². The predicted molar refractivity (Wildman–Crippen MR) is 41.9 cm³/mol. The molecule has 0 amide bonds. The Labute approximate surface area is 63.1 Å². The van der Waals surface area contributed by atoms with E-state index in [1.807, 2.05) is 13.8 Å². The van der Waals surface area contributed by atoms with Crippen molar-refractivity contribution in [2.24, 2.45) is 0 Å². The first-order valence-electron chi connectivity index (χ1n) is 4.07. The summed E-state index contributed by atoms with van der Waals surface area (Å²) in [6, 6.07) is 0. The van der Waals surface area contributed by atoms with Crippen LogP contribution in [0.1, 0.15) is 46.5 Å². The van der Waals surface area contributed by atoms with Crippen LogP contribution in [0.4, 0.5) is 0 Å². The Morgan fingerprint density at radius 3 is 1.80 bits per heavy atom. The van der Waals surface area contributed by atoms with Crippen molar-refractivity contribution in [2.75, 3.05) is 0 Å². The summed E-state index contributed by atoms with van der Waals surface area (Å²) in [5.41, 5.74) is -0.269. The fourth-order valence-electron chi connectivity index (χ4n) is 1.23. The molecule has 0 spiro atoms. The number of hydrogen-bond donors (Lipinski definition) is 1. The van der Waals surface area contributed by atoms with Gasteiger partial charge in [-0.15, -0.1) is 0 Å². The van der Waals surface area contributed by atoms with Crippen molar-refractivity contribution >= 4 is 0 Å². The summed E-state index contributed by atoms with van der Waals surface area (Å²) in [5.74, 6) is 0. The van der Waals surface area contributed by atoms with Crippen molar-refractivity contribution in [3.8, 4) is 0 Å². The highest BCUT2D eigenvalue weighted by Gasteiger charge is 2.25. The second-order valence-electron chi connectivity index (χ2n) is 2.73. The van der Waals surface area contributed by atoms with Crippen LogP contribution >= 0.6 is 0 Å². The zero-order chi connectivity index (χ0) is 8.04. The molecule has 0 aliphatic heterocycles. The van der Waals surface area contributed by atoms with Crippen LogP contribution < -0.4 is 0 Å². The van der Waals surface area contributed by atoms with E-state index in [1.165, 1.54) is 0 Å². The van der Waals surface area contributed by atoms with E-state index in [4.69, 9.17) is 5.26 Å². The van der Waals surface area contributed by atoms with Gasteiger partial charge >= 0.3 is 0 Å². The summed E-state index contributed by atoms with van der Waals surface area (Å²) in [5, 5.41) is 8.61. The Balaban J connectivity index is 3.87. The molecule has 0 fully saturated rings. The van der Waals surface area contributed by atoms with Crippen molar-refractivity contribution in [1.82, 2.24) is 0 Å². The maximum Gasteiger partial charge on any atom is 0.103 e. The average molecular weight is 146 g/mol. The molecule has 1 N–H and O–H groups in total. The quantitative estimate of drug-likeness (QED) is 0.477. The minimum Gasteiger partial charge on any atom is -0.251 e. The monoisotopic (exact) mass is 146 g/mol. The highest BCUT2D eigenvalue weighted by atomic mass is 17.1. The minimum absolute atomic E-state index is 0.269. The zero-order valence-corrected chi connectivity index (χ0v) is 7.18. The van der Waals surface area contributed by atoms with Crippen LogP contribution in [0.15, 0.2) is 0 Å². The van der Waals surface area contributed by atoms with Gasteiger partial charge in [0.15, 0.2) is 0 Å². The van der Waals surface area contributed by atoms with E-state index in [1.54, 1.807) is 0 Å². The predicted octanol–water partition coefficient (Wildman–Crippen LogP) is 2.83. The van der Waals surface area contributed by atoms with Crippen molar-refractivity contribution in [2.45, 2.75) is 52.1 Å². The first kappa shape index (κ1) is 9.92. The second kappa shape index (κ2) is 4.69. The number of rotatable bonds is 5. The van der Waals surface area contributed by atoms with Crippen molar-refractivity contribution < 1.29 is 10.1 Å². The van der Waals surface area contributed by atoms with E-state index in [0.29, 0.717) is 0 Å². The van der Waals surface area contributed by atoms with E-state index in [-0.39, 0.29) is 5.60 Å². The van der Waals surface area contributed by atoms with E-state index < -0.39 is 0 Å². The standard InChI is InChI=1S/C8H18O2/c1-4-7-8(5-2,6-3)10-9/h9H,4-7H2,1-3H3. The van der Waals surface area contributed by atoms with Crippen molar-refractivity contribution in [3.63, 3.8) is 0 Å². The fourth-order valence-corrected chi connectivity index (χ4v) is 1.23. The molecule has 10 heavy (non-hydrogen) atoms. The molecule has 0 atom stereocenters. The number of hydrogen-bond acceptors (Lipinski definition) is 2. The Hall–Kier alpha value is -0.0800. The lowest BCUT2D eigenvalue weighted by atomic mass is 9.92. The molecule has 0 aromatic rings. The molecule has 0 aliphatic rings. The first-order valence-corrected chi connectivity index (χ1v) is 4.07. The van der Waals surface area contributed by atoms with Gasteiger partial charge in [0, 0.05) is 0 Å². The molecule has 62 valence electrons. The van der Waals surface area contributed by atoms with Gasteiger partial charge in [0.05, 0.1) is 0 Å². The molecule has 2 nitrogen and oxygen atoms in total. The van der Waals surface area contributed by atoms with Gasteiger partial charge in [0.25, 0.3) is 0 Å². The smallest absolute Gasteiger partial charge is 0.103 e. The largest absolute Gasteiger partial charge is 0.251 e. The van der Waals surface area contributed by atoms with Crippen LogP contribution in [0, 0.1) is 0 Å². The topological polar surface area (TPSA) is 29.5 Å². The fraction of sp³-hybridized carbons (Fsp3) is 1.00. The molecule has 0 aromatic heterocycles. The molecule has 0 bridgehead atoms. The molecule has 0 aliphatic carbocycles. The molecular formula is C8H18O2. The van der Waals surface area contributed by atoms with E-state index in [0.717, 1.165) is 25.7 Å². The van der Waals surface area contributed by atoms with Crippen molar-refractivity contribution in [3.05, 3.63) is 0 Å². The van der Waals surface area contributed by atoms with Crippen LogP contribution in [0.25, 0.3) is 0 Å². The summed E-state index contributed by atoms with van der Waals surface area (Å²) in [6.07, 6.45) is 3.76. The Kier molecular flexibility index (Phi) is 4.65. The highest BCUT2D eigenvalue weighted by Crippen LogP contribution is 2.24. The van der Waals surface area contributed by atoms with Crippen LogP contribution in [0.2, 0.25) is 0 Å². The van der Waals surface area contributed by atoms with Gasteiger partial charge < -0.3 is 0 Å². The third kappa shape index (κ3) is 2.27. The molecule has 0 radical (unpaired) electrons. The van der Waals surface area contributed by atoms with Crippen LogP contribution in [-0.2, 0) is 4.89 Å². The van der Waals surface area contributed by atoms with Crippen LogP contribution in [0.3, 0.4) is 0 Å². The first-order chi connectivity index (χ1) is 4.74.